The maximum Gasteiger partial charge on any atom is 0.0714 e. The van der Waals surface area contributed by atoms with Crippen LogP contribution in [0.4, 0.5) is 0 Å². The van der Waals surface area contributed by atoms with Gasteiger partial charge in [0.25, 0.3) is 0 Å². The van der Waals surface area contributed by atoms with Crippen LogP contribution in [0.25, 0.3) is 66.1 Å². The summed E-state index contributed by atoms with van der Waals surface area (Å²) >= 11 is 0. The predicted octanol–water partition coefficient (Wildman–Crippen LogP) is 13.4. The van der Waals surface area contributed by atoms with Gasteiger partial charge in [-0.3, -0.25) is 0 Å². The minimum Gasteiger partial charge on any atom is -0.0622 e. The third-order valence-electron chi connectivity index (χ3n) is 11.0. The van der Waals surface area contributed by atoms with Gasteiger partial charge >= 0.3 is 0 Å². The van der Waals surface area contributed by atoms with Gasteiger partial charge in [0.1, 0.15) is 0 Å². The van der Waals surface area contributed by atoms with E-state index in [0.717, 1.165) is 0 Å². The minimum absolute atomic E-state index is 0.531. The van der Waals surface area contributed by atoms with Crippen molar-refractivity contribution < 1.29 is 0 Å². The normalized spacial score (nSPS) is 12.9. The van der Waals surface area contributed by atoms with Crippen molar-refractivity contribution in [3.8, 4) is 44.5 Å². The standard InChI is InChI=1S/C51H34/c1-4-15-35(16-5-1)36-27-29-37(30-28-36)39-31-32-46-48(33-39)51(40-19-6-2-7-20-40,41-21-8-3-9-22-41)49-34-47(44-24-12-13-25-45(44)50(46)49)43-26-14-18-38-17-10-11-23-42(38)43/h1-34H. The zero-order valence-electron chi connectivity index (χ0n) is 28.1. The molecule has 0 amide bonds. The molecule has 0 fully saturated rings. The highest BCUT2D eigenvalue weighted by Crippen LogP contribution is 2.59. The molecule has 0 nitrogen and oxygen atoms in total. The first kappa shape index (κ1) is 29.4. The van der Waals surface area contributed by atoms with Gasteiger partial charge in [-0.2, -0.15) is 0 Å². The van der Waals surface area contributed by atoms with E-state index < -0.39 is 5.41 Å². The van der Waals surface area contributed by atoms with Gasteiger partial charge in [0.2, 0.25) is 0 Å². The second-order valence-electron chi connectivity index (χ2n) is 13.6. The molecule has 0 saturated carbocycles. The van der Waals surface area contributed by atoms with Gasteiger partial charge in [0, 0.05) is 0 Å². The number of benzene rings is 9. The Kier molecular flexibility index (Phi) is 6.82. The van der Waals surface area contributed by atoms with Crippen LogP contribution < -0.4 is 0 Å². The molecule has 0 N–H and O–H groups in total. The van der Waals surface area contributed by atoms with Gasteiger partial charge in [-0.05, 0) is 100 Å². The van der Waals surface area contributed by atoms with Crippen LogP contribution in [0.15, 0.2) is 206 Å². The Labute approximate surface area is 298 Å². The Morgan fingerprint density at radius 2 is 0.784 bits per heavy atom. The molecule has 0 spiro atoms. The Bertz CT molecular complexity index is 2660. The molecule has 0 unspecified atom stereocenters. The molecule has 238 valence electrons. The van der Waals surface area contributed by atoms with Gasteiger partial charge in [-0.25, -0.2) is 0 Å². The van der Waals surface area contributed by atoms with Crippen molar-refractivity contribution in [1.82, 2.24) is 0 Å². The molecule has 0 atom stereocenters. The number of fused-ring (bicyclic) bond motifs is 6. The molecule has 9 aromatic rings. The van der Waals surface area contributed by atoms with E-state index in [-0.39, 0.29) is 0 Å². The van der Waals surface area contributed by atoms with Crippen LogP contribution in [0.2, 0.25) is 0 Å². The van der Waals surface area contributed by atoms with E-state index in [1.54, 1.807) is 0 Å². The first-order valence-corrected chi connectivity index (χ1v) is 17.8. The van der Waals surface area contributed by atoms with E-state index >= 15 is 0 Å². The molecular formula is C51H34. The first-order chi connectivity index (χ1) is 25.3. The summed E-state index contributed by atoms with van der Waals surface area (Å²) in [5, 5.41) is 5.08. The summed E-state index contributed by atoms with van der Waals surface area (Å²) in [6.45, 7) is 0. The van der Waals surface area contributed by atoms with E-state index in [4.69, 9.17) is 0 Å². The average molecular weight is 647 g/mol. The van der Waals surface area contributed by atoms with Gasteiger partial charge in [0.15, 0.2) is 0 Å². The average Bonchev–Trinajstić information content (AvgIpc) is 3.52. The van der Waals surface area contributed by atoms with E-state index in [0.29, 0.717) is 0 Å². The maximum absolute atomic E-state index is 2.52. The van der Waals surface area contributed by atoms with Crippen LogP contribution in [0.1, 0.15) is 22.3 Å². The third kappa shape index (κ3) is 4.54. The van der Waals surface area contributed by atoms with Gasteiger partial charge < -0.3 is 0 Å². The molecule has 1 aliphatic rings. The van der Waals surface area contributed by atoms with Crippen LogP contribution in [0, 0.1) is 0 Å². The lowest BCUT2D eigenvalue weighted by atomic mass is 9.67. The SMILES string of the molecule is c1ccc(-c2ccc(-c3ccc4c(c3)C(c3ccccc3)(c3ccccc3)c3cc(-c5cccc6ccccc56)c5ccccc5c3-4)cc2)cc1. The van der Waals surface area contributed by atoms with Crippen LogP contribution in [-0.2, 0) is 5.41 Å². The summed E-state index contributed by atoms with van der Waals surface area (Å²) in [4.78, 5) is 0. The zero-order chi connectivity index (χ0) is 33.8. The largest absolute Gasteiger partial charge is 0.0714 e. The maximum atomic E-state index is 2.52. The molecule has 0 saturated heterocycles. The molecule has 0 bridgehead atoms. The van der Waals surface area contributed by atoms with Crippen LogP contribution in [0.5, 0.6) is 0 Å². The van der Waals surface area contributed by atoms with Crippen LogP contribution in [0.3, 0.4) is 0 Å². The molecule has 0 aliphatic heterocycles. The van der Waals surface area contributed by atoms with Crippen molar-refractivity contribution in [1.29, 1.82) is 0 Å². The highest BCUT2D eigenvalue weighted by molar-refractivity contribution is 6.13. The van der Waals surface area contributed by atoms with E-state index in [1.807, 2.05) is 0 Å². The van der Waals surface area contributed by atoms with Gasteiger partial charge in [0.05, 0.1) is 5.41 Å². The second-order valence-corrected chi connectivity index (χ2v) is 13.6. The highest BCUT2D eigenvalue weighted by Gasteiger charge is 2.47. The van der Waals surface area contributed by atoms with E-state index in [9.17, 15) is 0 Å². The van der Waals surface area contributed by atoms with Crippen LogP contribution in [-0.4, -0.2) is 0 Å². The third-order valence-corrected chi connectivity index (χ3v) is 11.0. The minimum atomic E-state index is -0.531. The Hall–Kier alpha value is -6.50. The molecule has 0 aromatic heterocycles. The summed E-state index contributed by atoms with van der Waals surface area (Å²) in [5.41, 5.74) is 14.7. The zero-order valence-corrected chi connectivity index (χ0v) is 28.1. The molecule has 10 rings (SSSR count). The van der Waals surface area contributed by atoms with Crippen molar-refractivity contribution in [3.05, 3.63) is 229 Å². The fourth-order valence-electron chi connectivity index (χ4n) is 8.69. The number of rotatable bonds is 5. The Morgan fingerprint density at radius 1 is 0.275 bits per heavy atom. The molecule has 0 heteroatoms. The Morgan fingerprint density at radius 3 is 1.47 bits per heavy atom. The van der Waals surface area contributed by atoms with Gasteiger partial charge in [-0.1, -0.05) is 194 Å². The fourth-order valence-corrected chi connectivity index (χ4v) is 8.69. The summed E-state index contributed by atoms with van der Waals surface area (Å²) in [6.07, 6.45) is 0. The number of hydrogen-bond acceptors (Lipinski definition) is 0. The van der Waals surface area contributed by atoms with Crippen molar-refractivity contribution in [2.75, 3.05) is 0 Å². The molecule has 51 heavy (non-hydrogen) atoms. The van der Waals surface area contributed by atoms with E-state index in [1.165, 1.54) is 88.3 Å². The monoisotopic (exact) mass is 646 g/mol. The lowest BCUT2D eigenvalue weighted by molar-refractivity contribution is 0.769. The summed E-state index contributed by atoms with van der Waals surface area (Å²) < 4.78 is 0. The lowest BCUT2D eigenvalue weighted by Crippen LogP contribution is -2.28. The molecule has 1 aliphatic carbocycles. The highest BCUT2D eigenvalue weighted by atomic mass is 14.5. The summed E-state index contributed by atoms with van der Waals surface area (Å²) in [5.74, 6) is 0. The smallest absolute Gasteiger partial charge is 0.0622 e. The van der Waals surface area contributed by atoms with Gasteiger partial charge in [-0.15, -0.1) is 0 Å². The van der Waals surface area contributed by atoms with Crippen molar-refractivity contribution in [3.63, 3.8) is 0 Å². The topological polar surface area (TPSA) is 0 Å². The molecule has 0 radical (unpaired) electrons. The number of hydrogen-bond donors (Lipinski definition) is 0. The Balaban J connectivity index is 1.29. The predicted molar refractivity (Wildman–Crippen MR) is 215 cm³/mol. The van der Waals surface area contributed by atoms with Crippen molar-refractivity contribution >= 4 is 21.5 Å². The fraction of sp³-hybridized carbons (Fsp3) is 0.0196. The van der Waals surface area contributed by atoms with Crippen molar-refractivity contribution in [2.45, 2.75) is 5.41 Å². The molecule has 9 aromatic carbocycles. The first-order valence-electron chi connectivity index (χ1n) is 17.8. The molecule has 0 heterocycles. The van der Waals surface area contributed by atoms with Crippen molar-refractivity contribution in [2.24, 2.45) is 0 Å². The summed E-state index contributed by atoms with van der Waals surface area (Å²) in [7, 11) is 0. The summed E-state index contributed by atoms with van der Waals surface area (Å²) in [6, 6.07) is 76.1. The van der Waals surface area contributed by atoms with E-state index in [2.05, 4.69) is 206 Å². The quantitative estimate of drug-likeness (QED) is 0.175. The molecular weight excluding hydrogens is 613 g/mol. The van der Waals surface area contributed by atoms with Crippen LogP contribution >= 0.6 is 0 Å². The second kappa shape index (κ2) is 11.8. The lowest BCUT2D eigenvalue weighted by Gasteiger charge is -2.34.